The molecule has 0 heterocycles. The molecule has 0 radical (unpaired) electrons. The van der Waals surface area contributed by atoms with Crippen LogP contribution in [-0.2, 0) is 5.41 Å². The van der Waals surface area contributed by atoms with Crippen LogP contribution < -0.4 is 11.5 Å². The van der Waals surface area contributed by atoms with Crippen LogP contribution in [0, 0.1) is 0 Å². The van der Waals surface area contributed by atoms with Crippen LogP contribution in [-0.4, -0.2) is 11.1 Å². The number of nitrogens with two attached hydrogens (primary N) is 2. The molecule has 0 atom stereocenters. The summed E-state index contributed by atoms with van der Waals surface area (Å²) in [5.74, 6) is -0.938. The van der Waals surface area contributed by atoms with Gasteiger partial charge in [0.25, 0.3) is 0 Å². The van der Waals surface area contributed by atoms with E-state index in [0.717, 1.165) is 33.4 Å². The average Bonchev–Trinajstić information content (AvgIpc) is 3.06. The summed E-state index contributed by atoms with van der Waals surface area (Å²) in [7, 11) is 0. The van der Waals surface area contributed by atoms with Gasteiger partial charge >= 0.3 is 5.97 Å². The molecule has 5 N–H and O–H groups in total. The summed E-state index contributed by atoms with van der Waals surface area (Å²) in [6.07, 6.45) is 0. The number of carboxylic acids is 1. The first-order chi connectivity index (χ1) is 14.5. The summed E-state index contributed by atoms with van der Waals surface area (Å²) in [6.45, 7) is 0. The number of fused-ring (bicyclic) bond motifs is 3. The molecule has 4 nitrogen and oxygen atoms in total. The molecule has 5 rings (SSSR count). The highest BCUT2D eigenvalue weighted by molar-refractivity contribution is 6.01. The fourth-order valence-electron chi connectivity index (χ4n) is 4.76. The average molecular weight is 392 g/mol. The topological polar surface area (TPSA) is 89.3 Å². The van der Waals surface area contributed by atoms with Gasteiger partial charge in [-0.25, -0.2) is 4.79 Å². The second kappa shape index (κ2) is 6.49. The van der Waals surface area contributed by atoms with E-state index in [0.29, 0.717) is 16.9 Å². The second-order valence-corrected chi connectivity index (χ2v) is 7.57. The van der Waals surface area contributed by atoms with Crippen molar-refractivity contribution < 1.29 is 9.90 Å². The summed E-state index contributed by atoms with van der Waals surface area (Å²) in [6, 6.07) is 29.1. The molecule has 30 heavy (non-hydrogen) atoms. The minimum atomic E-state index is -0.938. The van der Waals surface area contributed by atoms with Crippen molar-refractivity contribution in [1.29, 1.82) is 0 Å². The summed E-state index contributed by atoms with van der Waals surface area (Å²) in [5, 5.41) is 9.93. The molecule has 1 aliphatic carbocycles. The molecule has 0 amide bonds. The van der Waals surface area contributed by atoms with Gasteiger partial charge in [0.2, 0.25) is 0 Å². The van der Waals surface area contributed by atoms with Crippen LogP contribution in [0.4, 0.5) is 11.4 Å². The lowest BCUT2D eigenvalue weighted by Gasteiger charge is -2.34. The van der Waals surface area contributed by atoms with Crippen LogP contribution in [0.25, 0.3) is 11.1 Å². The molecule has 0 fully saturated rings. The highest BCUT2D eigenvalue weighted by Crippen LogP contribution is 2.56. The van der Waals surface area contributed by atoms with E-state index in [2.05, 4.69) is 6.07 Å². The normalized spacial score (nSPS) is 13.5. The molecular weight excluding hydrogens is 372 g/mol. The third-order valence-electron chi connectivity index (χ3n) is 5.99. The molecule has 0 aliphatic heterocycles. The molecular formula is C26H20N2O2. The Bertz CT molecular complexity index is 1230. The zero-order chi connectivity index (χ0) is 20.9. The van der Waals surface area contributed by atoms with Crippen LogP contribution >= 0.6 is 0 Å². The van der Waals surface area contributed by atoms with E-state index in [4.69, 9.17) is 11.5 Å². The lowest BCUT2D eigenvalue weighted by Crippen LogP contribution is -2.28. The maximum atomic E-state index is 12.1. The standard InChI is InChI=1S/C26H20N2O2/c27-18-12-8-16(9-13-18)26(17-10-14-19(28)15-11-17)22-6-2-1-4-20(22)24-21(25(29)30)5-3-7-23(24)26/h1-15H,27-28H2,(H,29,30). The lowest BCUT2D eigenvalue weighted by atomic mass is 9.67. The van der Waals surface area contributed by atoms with Crippen molar-refractivity contribution in [3.05, 3.63) is 119 Å². The molecule has 4 aromatic carbocycles. The van der Waals surface area contributed by atoms with Gasteiger partial charge in [0.15, 0.2) is 0 Å². The van der Waals surface area contributed by atoms with Gasteiger partial charge in [0.1, 0.15) is 0 Å². The van der Waals surface area contributed by atoms with Gasteiger partial charge in [-0.1, -0.05) is 60.7 Å². The lowest BCUT2D eigenvalue weighted by molar-refractivity contribution is 0.0697. The summed E-state index contributed by atoms with van der Waals surface area (Å²) in [4.78, 5) is 12.1. The molecule has 0 bridgehead atoms. The maximum Gasteiger partial charge on any atom is 0.336 e. The van der Waals surface area contributed by atoms with Gasteiger partial charge in [0, 0.05) is 16.9 Å². The molecule has 4 aromatic rings. The van der Waals surface area contributed by atoms with Crippen LogP contribution in [0.1, 0.15) is 32.6 Å². The van der Waals surface area contributed by atoms with E-state index in [1.807, 2.05) is 78.9 Å². The highest BCUT2D eigenvalue weighted by atomic mass is 16.4. The number of carbonyl (C=O) groups is 1. The first-order valence-electron chi connectivity index (χ1n) is 9.72. The fraction of sp³-hybridized carbons (Fsp3) is 0.0385. The monoisotopic (exact) mass is 392 g/mol. The van der Waals surface area contributed by atoms with Crippen molar-refractivity contribution in [2.24, 2.45) is 0 Å². The molecule has 0 spiro atoms. The SMILES string of the molecule is Nc1ccc(C2(c3ccc(N)cc3)c3ccccc3-c3c(C(=O)O)cccc32)cc1. The number of hydrogen-bond donors (Lipinski definition) is 3. The van der Waals surface area contributed by atoms with Crippen LogP contribution in [0.15, 0.2) is 91.0 Å². The van der Waals surface area contributed by atoms with E-state index >= 15 is 0 Å². The van der Waals surface area contributed by atoms with E-state index < -0.39 is 11.4 Å². The summed E-state index contributed by atoms with van der Waals surface area (Å²) in [5.41, 5.74) is 18.7. The highest BCUT2D eigenvalue weighted by Gasteiger charge is 2.47. The Morgan fingerprint density at radius 3 is 1.77 bits per heavy atom. The third kappa shape index (κ3) is 2.37. The van der Waals surface area contributed by atoms with Gasteiger partial charge < -0.3 is 16.6 Å². The smallest absolute Gasteiger partial charge is 0.336 e. The van der Waals surface area contributed by atoms with Gasteiger partial charge in [-0.05, 0) is 58.1 Å². The van der Waals surface area contributed by atoms with Crippen molar-refractivity contribution >= 4 is 17.3 Å². The Balaban J connectivity index is 1.98. The number of benzene rings is 4. The second-order valence-electron chi connectivity index (χ2n) is 7.57. The summed E-state index contributed by atoms with van der Waals surface area (Å²) < 4.78 is 0. The first-order valence-corrected chi connectivity index (χ1v) is 9.72. The number of nitrogen functional groups attached to an aromatic ring is 2. The molecule has 0 unspecified atom stereocenters. The molecule has 4 heteroatoms. The van der Waals surface area contributed by atoms with Gasteiger partial charge in [-0.2, -0.15) is 0 Å². The van der Waals surface area contributed by atoms with Crippen molar-refractivity contribution in [1.82, 2.24) is 0 Å². The molecule has 0 saturated carbocycles. The molecule has 0 saturated heterocycles. The fourth-order valence-corrected chi connectivity index (χ4v) is 4.76. The molecule has 1 aliphatic rings. The van der Waals surface area contributed by atoms with E-state index in [-0.39, 0.29) is 0 Å². The number of anilines is 2. The first kappa shape index (κ1) is 18.0. The maximum absolute atomic E-state index is 12.1. The predicted octanol–water partition coefficient (Wildman–Crippen LogP) is 4.91. The van der Waals surface area contributed by atoms with E-state index in [9.17, 15) is 9.90 Å². The quantitative estimate of drug-likeness (QED) is 0.381. The zero-order valence-corrected chi connectivity index (χ0v) is 16.2. The van der Waals surface area contributed by atoms with Crippen LogP contribution in [0.3, 0.4) is 0 Å². The Kier molecular flexibility index (Phi) is 3.90. The Morgan fingerprint density at radius 2 is 1.20 bits per heavy atom. The van der Waals surface area contributed by atoms with Gasteiger partial charge in [-0.15, -0.1) is 0 Å². The number of rotatable bonds is 3. The predicted molar refractivity (Wildman–Crippen MR) is 120 cm³/mol. The van der Waals surface area contributed by atoms with Crippen molar-refractivity contribution in [3.8, 4) is 11.1 Å². The van der Waals surface area contributed by atoms with E-state index in [1.54, 1.807) is 6.07 Å². The van der Waals surface area contributed by atoms with Crippen molar-refractivity contribution in [3.63, 3.8) is 0 Å². The number of hydrogen-bond acceptors (Lipinski definition) is 3. The van der Waals surface area contributed by atoms with Crippen LogP contribution in [0.5, 0.6) is 0 Å². The molecule has 0 aromatic heterocycles. The Labute approximate surface area is 174 Å². The zero-order valence-electron chi connectivity index (χ0n) is 16.2. The Morgan fingerprint density at radius 1 is 0.667 bits per heavy atom. The third-order valence-corrected chi connectivity index (χ3v) is 5.99. The van der Waals surface area contributed by atoms with Gasteiger partial charge in [0.05, 0.1) is 11.0 Å². The molecule has 146 valence electrons. The largest absolute Gasteiger partial charge is 0.478 e. The van der Waals surface area contributed by atoms with Crippen LogP contribution in [0.2, 0.25) is 0 Å². The van der Waals surface area contributed by atoms with E-state index in [1.165, 1.54) is 0 Å². The number of carboxylic acid groups (broad SMARTS) is 1. The van der Waals surface area contributed by atoms with Crippen molar-refractivity contribution in [2.75, 3.05) is 11.5 Å². The van der Waals surface area contributed by atoms with Gasteiger partial charge in [-0.3, -0.25) is 0 Å². The summed E-state index contributed by atoms with van der Waals surface area (Å²) >= 11 is 0. The Hall–Kier alpha value is -4.05. The number of aromatic carboxylic acids is 1. The minimum absolute atomic E-state index is 0.299. The van der Waals surface area contributed by atoms with Crippen molar-refractivity contribution in [2.45, 2.75) is 5.41 Å². The minimum Gasteiger partial charge on any atom is -0.478 e.